The Hall–Kier alpha value is -3.58. The van der Waals surface area contributed by atoms with Gasteiger partial charge in [0.15, 0.2) is 0 Å². The molecule has 0 heterocycles. The summed E-state index contributed by atoms with van der Waals surface area (Å²) in [5.41, 5.74) is 3.86. The Bertz CT molecular complexity index is 1220. The molecule has 0 saturated carbocycles. The highest BCUT2D eigenvalue weighted by atomic mass is 32.2. The molecule has 0 aliphatic rings. The van der Waals surface area contributed by atoms with Crippen molar-refractivity contribution >= 4 is 33.4 Å². The molecule has 1 amide bonds. The summed E-state index contributed by atoms with van der Waals surface area (Å²) in [5, 5.41) is 2.85. The quantitative estimate of drug-likeness (QED) is 0.523. The predicted molar refractivity (Wildman–Crippen MR) is 124 cm³/mol. The van der Waals surface area contributed by atoms with E-state index in [0.717, 1.165) is 16.8 Å². The molecule has 0 radical (unpaired) electrons. The van der Waals surface area contributed by atoms with Crippen LogP contribution < -0.4 is 14.8 Å². The first-order valence-corrected chi connectivity index (χ1v) is 11.1. The minimum absolute atomic E-state index is 0.107. The van der Waals surface area contributed by atoms with Gasteiger partial charge in [-0.05, 0) is 66.9 Å². The number of amides is 1. The van der Waals surface area contributed by atoms with Crippen molar-refractivity contribution in [1.29, 1.82) is 0 Å². The fraction of sp³-hybridized carbons (Fsp3) is 0.125. The minimum atomic E-state index is -3.78. The van der Waals surface area contributed by atoms with Crippen LogP contribution in [0.25, 0.3) is 6.08 Å². The van der Waals surface area contributed by atoms with Crippen molar-refractivity contribution in [2.24, 2.45) is 0 Å². The summed E-state index contributed by atoms with van der Waals surface area (Å²) < 4.78 is 33.0. The molecule has 31 heavy (non-hydrogen) atoms. The Morgan fingerprint density at radius 2 is 1.65 bits per heavy atom. The smallest absolute Gasteiger partial charge is 0.262 e. The van der Waals surface area contributed by atoms with Crippen LogP contribution in [-0.2, 0) is 14.8 Å². The Labute approximate surface area is 182 Å². The second-order valence-electron chi connectivity index (χ2n) is 7.02. The molecule has 0 fully saturated rings. The average Bonchev–Trinajstić information content (AvgIpc) is 2.75. The third kappa shape index (κ3) is 5.73. The number of aryl methyl sites for hydroxylation is 2. The van der Waals surface area contributed by atoms with E-state index in [-0.39, 0.29) is 10.8 Å². The predicted octanol–water partition coefficient (Wildman–Crippen LogP) is 4.76. The van der Waals surface area contributed by atoms with Gasteiger partial charge in [-0.25, -0.2) is 8.42 Å². The molecule has 0 spiro atoms. The second-order valence-corrected chi connectivity index (χ2v) is 8.70. The lowest BCUT2D eigenvalue weighted by molar-refractivity contribution is -0.111. The number of rotatable bonds is 7. The number of carbonyl (C=O) groups is 1. The lowest BCUT2D eigenvalue weighted by Crippen LogP contribution is -2.13. The Morgan fingerprint density at radius 1 is 0.935 bits per heavy atom. The van der Waals surface area contributed by atoms with Crippen LogP contribution in [0.15, 0.2) is 77.7 Å². The first kappa shape index (κ1) is 22.1. The Kier molecular flexibility index (Phi) is 6.77. The van der Waals surface area contributed by atoms with Crippen LogP contribution in [-0.4, -0.2) is 21.4 Å². The van der Waals surface area contributed by atoms with Gasteiger partial charge in [0.1, 0.15) is 5.75 Å². The fourth-order valence-electron chi connectivity index (χ4n) is 2.91. The largest absolute Gasteiger partial charge is 0.495 e. The van der Waals surface area contributed by atoms with Crippen molar-refractivity contribution in [2.75, 3.05) is 17.1 Å². The van der Waals surface area contributed by atoms with Gasteiger partial charge < -0.3 is 10.1 Å². The van der Waals surface area contributed by atoms with Crippen molar-refractivity contribution < 1.29 is 17.9 Å². The molecular weight excluding hydrogens is 412 g/mol. The fourth-order valence-corrected chi connectivity index (χ4v) is 3.98. The third-order valence-electron chi connectivity index (χ3n) is 4.62. The van der Waals surface area contributed by atoms with Crippen LogP contribution in [0.5, 0.6) is 5.75 Å². The number of para-hydroxylation sites is 2. The number of benzene rings is 3. The van der Waals surface area contributed by atoms with Gasteiger partial charge in [-0.2, -0.15) is 0 Å². The zero-order valence-electron chi connectivity index (χ0n) is 17.5. The standard InChI is InChI=1S/C24H24N2O4S/c1-17-8-9-18(2)22(16-17)25-24(27)15-12-19-10-13-20(14-11-19)31(28,29)26-21-6-4-5-7-23(21)30-3/h4-16,26H,1-3H3,(H,25,27)/b15-12+. The Balaban J connectivity index is 1.69. The van der Waals surface area contributed by atoms with Gasteiger partial charge in [-0.3, -0.25) is 9.52 Å². The van der Waals surface area contributed by atoms with E-state index < -0.39 is 10.0 Å². The summed E-state index contributed by atoms with van der Waals surface area (Å²) in [4.78, 5) is 12.3. The van der Waals surface area contributed by atoms with E-state index >= 15 is 0 Å². The molecule has 0 aliphatic carbocycles. The van der Waals surface area contributed by atoms with Crippen LogP contribution in [0.1, 0.15) is 16.7 Å². The van der Waals surface area contributed by atoms with Gasteiger partial charge in [0.2, 0.25) is 5.91 Å². The molecule has 3 rings (SSSR count). The van der Waals surface area contributed by atoms with Crippen LogP contribution in [0.4, 0.5) is 11.4 Å². The van der Waals surface area contributed by atoms with Crippen molar-refractivity contribution in [3.8, 4) is 5.75 Å². The van der Waals surface area contributed by atoms with E-state index in [1.54, 1.807) is 42.5 Å². The van der Waals surface area contributed by atoms with E-state index in [4.69, 9.17) is 4.74 Å². The lowest BCUT2D eigenvalue weighted by atomic mass is 10.1. The summed E-state index contributed by atoms with van der Waals surface area (Å²) in [6.07, 6.45) is 3.04. The van der Waals surface area contributed by atoms with Gasteiger partial charge in [-0.1, -0.05) is 36.4 Å². The number of sulfonamides is 1. The van der Waals surface area contributed by atoms with Crippen LogP contribution in [0.3, 0.4) is 0 Å². The van der Waals surface area contributed by atoms with E-state index in [9.17, 15) is 13.2 Å². The Morgan fingerprint density at radius 3 is 2.35 bits per heavy atom. The van der Waals surface area contributed by atoms with Gasteiger partial charge in [0.05, 0.1) is 17.7 Å². The molecule has 0 saturated heterocycles. The SMILES string of the molecule is COc1ccccc1NS(=O)(=O)c1ccc(/C=C/C(=O)Nc2cc(C)ccc2C)cc1. The number of nitrogens with one attached hydrogen (secondary N) is 2. The minimum Gasteiger partial charge on any atom is -0.495 e. The highest BCUT2D eigenvalue weighted by Gasteiger charge is 2.16. The number of carbonyl (C=O) groups excluding carboxylic acids is 1. The molecule has 3 aromatic carbocycles. The van der Waals surface area contributed by atoms with Crippen molar-refractivity contribution in [1.82, 2.24) is 0 Å². The number of anilines is 2. The summed E-state index contributed by atoms with van der Waals surface area (Å²) in [6.45, 7) is 3.89. The maximum absolute atomic E-state index is 12.7. The molecule has 6 nitrogen and oxygen atoms in total. The zero-order valence-corrected chi connectivity index (χ0v) is 18.4. The number of hydrogen-bond acceptors (Lipinski definition) is 4. The molecule has 2 N–H and O–H groups in total. The molecule has 0 aromatic heterocycles. The van der Waals surface area contributed by atoms with E-state index in [1.165, 1.54) is 25.3 Å². The van der Waals surface area contributed by atoms with Crippen LogP contribution in [0, 0.1) is 13.8 Å². The summed E-state index contributed by atoms with van der Waals surface area (Å²) in [7, 11) is -2.30. The van der Waals surface area contributed by atoms with Crippen LogP contribution in [0.2, 0.25) is 0 Å². The molecular formula is C24H24N2O4S. The van der Waals surface area contributed by atoms with E-state index in [1.807, 2.05) is 32.0 Å². The monoisotopic (exact) mass is 436 g/mol. The van der Waals surface area contributed by atoms with Gasteiger partial charge in [-0.15, -0.1) is 0 Å². The average molecular weight is 437 g/mol. The number of hydrogen-bond donors (Lipinski definition) is 2. The van der Waals surface area contributed by atoms with Gasteiger partial charge in [0, 0.05) is 11.8 Å². The van der Waals surface area contributed by atoms with E-state index in [2.05, 4.69) is 10.0 Å². The number of methoxy groups -OCH3 is 1. The van der Waals surface area contributed by atoms with Crippen molar-refractivity contribution in [2.45, 2.75) is 18.7 Å². The highest BCUT2D eigenvalue weighted by molar-refractivity contribution is 7.92. The first-order valence-electron chi connectivity index (χ1n) is 9.61. The summed E-state index contributed by atoms with van der Waals surface area (Å²) >= 11 is 0. The van der Waals surface area contributed by atoms with Crippen molar-refractivity contribution in [3.63, 3.8) is 0 Å². The van der Waals surface area contributed by atoms with E-state index in [0.29, 0.717) is 17.0 Å². The van der Waals surface area contributed by atoms with Gasteiger partial charge >= 0.3 is 0 Å². The molecule has 0 bridgehead atoms. The lowest BCUT2D eigenvalue weighted by Gasteiger charge is -2.11. The maximum atomic E-state index is 12.7. The summed E-state index contributed by atoms with van der Waals surface area (Å²) in [5.74, 6) is 0.170. The molecule has 3 aromatic rings. The first-order chi connectivity index (χ1) is 14.8. The molecule has 0 unspecified atom stereocenters. The molecule has 160 valence electrons. The molecule has 0 aliphatic heterocycles. The topological polar surface area (TPSA) is 84.5 Å². The normalized spacial score (nSPS) is 11.3. The number of ether oxygens (including phenoxy) is 1. The molecule has 0 atom stereocenters. The highest BCUT2D eigenvalue weighted by Crippen LogP contribution is 2.26. The summed E-state index contributed by atoms with van der Waals surface area (Å²) in [6, 6.07) is 18.9. The second kappa shape index (κ2) is 9.49. The van der Waals surface area contributed by atoms with Gasteiger partial charge in [0.25, 0.3) is 10.0 Å². The maximum Gasteiger partial charge on any atom is 0.262 e. The molecule has 7 heteroatoms. The van der Waals surface area contributed by atoms with Crippen LogP contribution >= 0.6 is 0 Å². The van der Waals surface area contributed by atoms with Crippen molar-refractivity contribution in [3.05, 3.63) is 89.5 Å². The third-order valence-corrected chi connectivity index (χ3v) is 6.00. The zero-order chi connectivity index (χ0) is 22.4.